The minimum absolute atomic E-state index is 0.00224. The summed E-state index contributed by atoms with van der Waals surface area (Å²) < 4.78 is 3.21. The monoisotopic (exact) mass is 425 g/mol. The molecule has 158 valence electrons. The highest BCUT2D eigenvalue weighted by Crippen LogP contribution is 2.34. The first-order valence-corrected chi connectivity index (χ1v) is 10.00. The van der Waals surface area contributed by atoms with Crippen LogP contribution in [0, 0.1) is 10.1 Å². The van der Waals surface area contributed by atoms with Crippen molar-refractivity contribution in [1.29, 1.82) is 0 Å². The fraction of sp³-hybridized carbons (Fsp3) is 0.0833. The van der Waals surface area contributed by atoms with E-state index in [2.05, 4.69) is 4.98 Å². The molecule has 0 fully saturated rings. The SMILES string of the molecule is Cn1c(=O)n(C)c2cc(-c3nc(-c4cccc([N+](=O)[O-])c4)[nH]c3-c3ccccc3)ccc21. The number of aromatic nitrogens is 4. The second-order valence-corrected chi connectivity index (χ2v) is 7.59. The smallest absolute Gasteiger partial charge is 0.328 e. The molecule has 0 radical (unpaired) electrons. The number of nitro benzene ring substituents is 1. The number of imidazole rings is 2. The van der Waals surface area contributed by atoms with Gasteiger partial charge in [0.25, 0.3) is 5.69 Å². The van der Waals surface area contributed by atoms with Crippen molar-refractivity contribution < 1.29 is 4.92 Å². The summed E-state index contributed by atoms with van der Waals surface area (Å²) in [6, 6.07) is 21.9. The van der Waals surface area contributed by atoms with Gasteiger partial charge in [-0.1, -0.05) is 48.5 Å². The van der Waals surface area contributed by atoms with Crippen molar-refractivity contribution in [1.82, 2.24) is 19.1 Å². The van der Waals surface area contributed by atoms with Gasteiger partial charge in [-0.15, -0.1) is 0 Å². The Hall–Kier alpha value is -4.46. The van der Waals surface area contributed by atoms with Gasteiger partial charge < -0.3 is 4.98 Å². The number of benzene rings is 3. The van der Waals surface area contributed by atoms with Crippen molar-refractivity contribution in [2.24, 2.45) is 14.1 Å². The van der Waals surface area contributed by atoms with Gasteiger partial charge in [0.1, 0.15) is 5.82 Å². The number of nitro groups is 1. The van der Waals surface area contributed by atoms with Gasteiger partial charge in [0.05, 0.1) is 27.3 Å². The summed E-state index contributed by atoms with van der Waals surface area (Å²) in [6.07, 6.45) is 0. The number of fused-ring (bicyclic) bond motifs is 1. The standard InChI is InChI=1S/C24H19N5O3/c1-27-19-12-11-16(14-20(19)28(2)24(27)30)22-21(15-7-4-3-5-8-15)25-23(26-22)17-9-6-10-18(13-17)29(31)32/h3-14H,1-2H3,(H,25,26). The number of non-ortho nitro benzene ring substituents is 1. The first kappa shape index (κ1) is 19.5. The van der Waals surface area contributed by atoms with Crippen LogP contribution in [0.3, 0.4) is 0 Å². The van der Waals surface area contributed by atoms with Gasteiger partial charge in [-0.3, -0.25) is 19.2 Å². The van der Waals surface area contributed by atoms with Crippen molar-refractivity contribution in [3.8, 4) is 33.9 Å². The normalized spacial score (nSPS) is 11.2. The van der Waals surface area contributed by atoms with E-state index in [0.29, 0.717) is 17.1 Å². The maximum Gasteiger partial charge on any atom is 0.328 e. The van der Waals surface area contributed by atoms with E-state index in [1.807, 2.05) is 48.5 Å². The molecule has 8 heteroatoms. The van der Waals surface area contributed by atoms with Gasteiger partial charge in [-0.25, -0.2) is 9.78 Å². The Kier molecular flexibility index (Phi) is 4.48. The van der Waals surface area contributed by atoms with Crippen LogP contribution >= 0.6 is 0 Å². The zero-order valence-electron chi connectivity index (χ0n) is 17.4. The predicted molar refractivity (Wildman–Crippen MR) is 123 cm³/mol. The lowest BCUT2D eigenvalue weighted by atomic mass is 10.0. The number of H-pyrrole nitrogens is 1. The molecule has 1 N–H and O–H groups in total. The predicted octanol–water partition coefficient (Wildman–Crippen LogP) is 4.51. The van der Waals surface area contributed by atoms with Crippen molar-refractivity contribution in [2.45, 2.75) is 0 Å². The van der Waals surface area contributed by atoms with Crippen LogP contribution in [0.1, 0.15) is 0 Å². The molecule has 5 aromatic rings. The first-order chi connectivity index (χ1) is 15.4. The maximum atomic E-state index is 12.3. The number of nitrogens with zero attached hydrogens (tertiary/aromatic N) is 4. The molecular weight excluding hydrogens is 406 g/mol. The molecule has 0 bridgehead atoms. The number of aromatic amines is 1. The van der Waals surface area contributed by atoms with Gasteiger partial charge in [0, 0.05) is 42.9 Å². The lowest BCUT2D eigenvalue weighted by Crippen LogP contribution is -2.19. The highest BCUT2D eigenvalue weighted by atomic mass is 16.6. The highest BCUT2D eigenvalue weighted by molar-refractivity contribution is 5.87. The summed E-state index contributed by atoms with van der Waals surface area (Å²) in [6.45, 7) is 0. The Balaban J connectivity index is 1.74. The second-order valence-electron chi connectivity index (χ2n) is 7.59. The summed E-state index contributed by atoms with van der Waals surface area (Å²) in [5, 5.41) is 11.2. The van der Waals surface area contributed by atoms with Crippen LogP contribution in [-0.2, 0) is 14.1 Å². The first-order valence-electron chi connectivity index (χ1n) is 10.00. The van der Waals surface area contributed by atoms with Gasteiger partial charge in [0.2, 0.25) is 0 Å². The molecule has 0 aliphatic rings. The molecule has 0 amide bonds. The van der Waals surface area contributed by atoms with Crippen LogP contribution in [0.25, 0.3) is 44.9 Å². The van der Waals surface area contributed by atoms with Crippen molar-refractivity contribution in [2.75, 3.05) is 0 Å². The molecule has 2 heterocycles. The average Bonchev–Trinajstić information content (AvgIpc) is 3.36. The van der Waals surface area contributed by atoms with E-state index in [0.717, 1.165) is 27.9 Å². The van der Waals surface area contributed by atoms with Crippen LogP contribution in [0.4, 0.5) is 5.69 Å². The summed E-state index contributed by atoms with van der Waals surface area (Å²) in [5.74, 6) is 0.532. The third-order valence-corrected chi connectivity index (χ3v) is 5.64. The molecule has 0 saturated carbocycles. The van der Waals surface area contributed by atoms with E-state index in [9.17, 15) is 14.9 Å². The van der Waals surface area contributed by atoms with E-state index in [4.69, 9.17) is 4.98 Å². The molecule has 0 atom stereocenters. The molecular formula is C24H19N5O3. The average molecular weight is 425 g/mol. The van der Waals surface area contributed by atoms with E-state index in [1.165, 1.54) is 12.1 Å². The summed E-state index contributed by atoms with van der Waals surface area (Å²) in [4.78, 5) is 31.3. The zero-order valence-corrected chi connectivity index (χ0v) is 17.4. The second kappa shape index (κ2) is 7.35. The van der Waals surface area contributed by atoms with Crippen LogP contribution in [0.2, 0.25) is 0 Å². The molecule has 2 aromatic heterocycles. The van der Waals surface area contributed by atoms with Crippen molar-refractivity contribution >= 4 is 16.7 Å². The highest BCUT2D eigenvalue weighted by Gasteiger charge is 2.18. The summed E-state index contributed by atoms with van der Waals surface area (Å²) in [5.41, 5.74) is 5.44. The lowest BCUT2D eigenvalue weighted by molar-refractivity contribution is -0.384. The maximum absolute atomic E-state index is 12.3. The van der Waals surface area contributed by atoms with Crippen LogP contribution in [0.15, 0.2) is 77.6 Å². The van der Waals surface area contributed by atoms with Crippen molar-refractivity contribution in [3.63, 3.8) is 0 Å². The molecule has 0 spiro atoms. The Morgan fingerprint density at radius 1 is 0.844 bits per heavy atom. The van der Waals surface area contributed by atoms with E-state index in [1.54, 1.807) is 35.4 Å². The molecule has 0 aliphatic carbocycles. The van der Waals surface area contributed by atoms with Gasteiger partial charge in [-0.05, 0) is 12.1 Å². The van der Waals surface area contributed by atoms with Gasteiger partial charge in [0.15, 0.2) is 0 Å². The fourth-order valence-electron chi connectivity index (χ4n) is 3.95. The number of nitrogens with one attached hydrogen (secondary N) is 1. The fourth-order valence-corrected chi connectivity index (χ4v) is 3.95. The molecule has 0 aliphatic heterocycles. The number of aryl methyl sites for hydroxylation is 2. The number of hydrogen-bond donors (Lipinski definition) is 1. The largest absolute Gasteiger partial charge is 0.337 e. The summed E-state index contributed by atoms with van der Waals surface area (Å²) in [7, 11) is 3.49. The van der Waals surface area contributed by atoms with Crippen LogP contribution in [-0.4, -0.2) is 24.0 Å². The summed E-state index contributed by atoms with van der Waals surface area (Å²) >= 11 is 0. The molecule has 8 nitrogen and oxygen atoms in total. The number of hydrogen-bond acceptors (Lipinski definition) is 4. The van der Waals surface area contributed by atoms with Crippen LogP contribution in [0.5, 0.6) is 0 Å². The Morgan fingerprint density at radius 3 is 2.31 bits per heavy atom. The Morgan fingerprint density at radius 2 is 1.56 bits per heavy atom. The molecule has 0 unspecified atom stereocenters. The van der Waals surface area contributed by atoms with Gasteiger partial charge in [-0.2, -0.15) is 0 Å². The van der Waals surface area contributed by atoms with Crippen molar-refractivity contribution in [3.05, 3.63) is 93.4 Å². The topological polar surface area (TPSA) is 98.8 Å². The molecule has 32 heavy (non-hydrogen) atoms. The van der Waals surface area contributed by atoms with E-state index >= 15 is 0 Å². The lowest BCUT2D eigenvalue weighted by Gasteiger charge is -2.04. The molecule has 5 rings (SSSR count). The minimum atomic E-state index is -0.421. The van der Waals surface area contributed by atoms with Gasteiger partial charge >= 0.3 is 5.69 Å². The quantitative estimate of drug-likeness (QED) is 0.338. The number of rotatable bonds is 4. The third-order valence-electron chi connectivity index (χ3n) is 5.64. The zero-order chi connectivity index (χ0) is 22.4. The Labute approximate surface area is 182 Å². The molecule has 3 aromatic carbocycles. The van der Waals surface area contributed by atoms with Crippen LogP contribution < -0.4 is 5.69 Å². The minimum Gasteiger partial charge on any atom is -0.337 e. The van der Waals surface area contributed by atoms with E-state index < -0.39 is 4.92 Å². The Bertz CT molecular complexity index is 1540. The van der Waals surface area contributed by atoms with E-state index in [-0.39, 0.29) is 11.4 Å². The molecule has 0 saturated heterocycles. The third kappa shape index (κ3) is 3.09.